The van der Waals surface area contributed by atoms with Crippen LogP contribution in [0.25, 0.3) is 17.2 Å². The number of fused-ring (bicyclic) bond motifs is 1. The molecular formula is C19H15ClN6O2S. The summed E-state index contributed by atoms with van der Waals surface area (Å²) in [5.41, 5.74) is 1.79. The predicted molar refractivity (Wildman–Crippen MR) is 111 cm³/mol. The topological polar surface area (TPSA) is 94.3 Å². The lowest BCUT2D eigenvalue weighted by atomic mass is 10.3. The number of hydrogen-bond donors (Lipinski definition) is 1. The van der Waals surface area contributed by atoms with Crippen molar-refractivity contribution in [3.8, 4) is 17.3 Å². The molecular weight excluding hydrogens is 412 g/mol. The van der Waals surface area contributed by atoms with E-state index in [-0.39, 0.29) is 11.7 Å². The highest BCUT2D eigenvalue weighted by molar-refractivity contribution is 7.99. The normalized spacial score (nSPS) is 10.8. The third-order valence-electron chi connectivity index (χ3n) is 3.92. The molecule has 0 spiro atoms. The van der Waals surface area contributed by atoms with Crippen molar-refractivity contribution in [3.63, 3.8) is 0 Å². The highest BCUT2D eigenvalue weighted by Gasteiger charge is 2.13. The van der Waals surface area contributed by atoms with Crippen LogP contribution in [-0.2, 0) is 4.79 Å². The molecule has 4 rings (SSSR count). The molecule has 0 fully saturated rings. The largest absolute Gasteiger partial charge is 0.495 e. The zero-order chi connectivity index (χ0) is 20.2. The summed E-state index contributed by atoms with van der Waals surface area (Å²) in [6.07, 6.45) is 1.68. The van der Waals surface area contributed by atoms with Gasteiger partial charge in [0.15, 0.2) is 5.65 Å². The van der Waals surface area contributed by atoms with Gasteiger partial charge in [0, 0.05) is 11.2 Å². The van der Waals surface area contributed by atoms with Crippen LogP contribution in [0.4, 0.5) is 5.69 Å². The average molecular weight is 427 g/mol. The maximum Gasteiger partial charge on any atom is 0.234 e. The van der Waals surface area contributed by atoms with Gasteiger partial charge in [-0.05, 0) is 42.5 Å². The third kappa shape index (κ3) is 4.30. The number of hydrogen-bond acceptors (Lipinski definition) is 7. The summed E-state index contributed by atoms with van der Waals surface area (Å²) in [4.78, 5) is 16.7. The lowest BCUT2D eigenvalue weighted by Gasteiger charge is -2.10. The fourth-order valence-corrected chi connectivity index (χ4v) is 3.43. The van der Waals surface area contributed by atoms with Gasteiger partial charge in [0.05, 0.1) is 18.6 Å². The number of pyridine rings is 1. The second-order valence-electron chi connectivity index (χ2n) is 5.86. The molecule has 0 saturated heterocycles. The van der Waals surface area contributed by atoms with Crippen molar-refractivity contribution in [2.24, 2.45) is 0 Å². The van der Waals surface area contributed by atoms with Crippen LogP contribution in [0, 0.1) is 0 Å². The van der Waals surface area contributed by atoms with Crippen molar-refractivity contribution < 1.29 is 9.53 Å². The second kappa shape index (κ2) is 8.46. The molecule has 10 heteroatoms. The number of aromatic nitrogens is 5. The first-order chi connectivity index (χ1) is 14.1. The number of ether oxygens (including phenoxy) is 1. The molecule has 0 atom stereocenters. The summed E-state index contributed by atoms with van der Waals surface area (Å²) in [6.45, 7) is 0. The fourth-order valence-electron chi connectivity index (χ4n) is 2.61. The van der Waals surface area contributed by atoms with Crippen molar-refractivity contribution in [1.82, 2.24) is 24.8 Å². The Morgan fingerprint density at radius 1 is 1.21 bits per heavy atom. The minimum absolute atomic E-state index is 0.162. The Morgan fingerprint density at radius 3 is 2.90 bits per heavy atom. The van der Waals surface area contributed by atoms with Crippen LogP contribution in [0.3, 0.4) is 0 Å². The van der Waals surface area contributed by atoms with Crippen LogP contribution in [0.2, 0.25) is 5.02 Å². The van der Waals surface area contributed by atoms with Crippen molar-refractivity contribution in [2.45, 2.75) is 5.03 Å². The standard InChI is InChI=1S/C19H15ClN6O2S/c1-28-15-6-5-12(20)10-14(15)22-17(27)11-29-18-8-7-16-23-24-19(26(16)25-18)13-4-2-3-9-21-13/h2-10H,11H2,1H3,(H,22,27). The highest BCUT2D eigenvalue weighted by Crippen LogP contribution is 2.28. The van der Waals surface area contributed by atoms with Gasteiger partial charge in [-0.2, -0.15) is 9.61 Å². The van der Waals surface area contributed by atoms with E-state index in [0.29, 0.717) is 38.7 Å². The van der Waals surface area contributed by atoms with Crippen LogP contribution in [-0.4, -0.2) is 43.6 Å². The minimum atomic E-state index is -0.203. The summed E-state index contributed by atoms with van der Waals surface area (Å²) in [7, 11) is 1.53. The van der Waals surface area contributed by atoms with Crippen molar-refractivity contribution in [1.29, 1.82) is 0 Å². The number of nitrogens with zero attached hydrogens (tertiary/aromatic N) is 5. The number of amides is 1. The average Bonchev–Trinajstić information content (AvgIpc) is 3.16. The van der Waals surface area contributed by atoms with E-state index in [1.165, 1.54) is 18.9 Å². The van der Waals surface area contributed by atoms with Gasteiger partial charge in [0.1, 0.15) is 16.5 Å². The first kappa shape index (κ1) is 19.2. The number of carbonyl (C=O) groups excluding carboxylic acids is 1. The Labute approximate surface area is 175 Å². The number of carbonyl (C=O) groups is 1. The molecule has 0 saturated carbocycles. The molecule has 29 heavy (non-hydrogen) atoms. The van der Waals surface area contributed by atoms with Gasteiger partial charge in [0.25, 0.3) is 0 Å². The number of halogens is 1. The first-order valence-electron chi connectivity index (χ1n) is 8.54. The number of thioether (sulfide) groups is 1. The van der Waals surface area contributed by atoms with E-state index in [9.17, 15) is 4.79 Å². The number of nitrogens with one attached hydrogen (secondary N) is 1. The molecule has 0 aliphatic rings. The van der Waals surface area contributed by atoms with Gasteiger partial charge in [0.2, 0.25) is 11.7 Å². The Morgan fingerprint density at radius 2 is 2.10 bits per heavy atom. The Kier molecular flexibility index (Phi) is 5.59. The molecule has 1 N–H and O–H groups in total. The van der Waals surface area contributed by atoms with Crippen LogP contribution in [0.1, 0.15) is 0 Å². The molecule has 0 aliphatic heterocycles. The molecule has 8 nitrogen and oxygen atoms in total. The molecule has 1 aromatic carbocycles. The molecule has 0 aliphatic carbocycles. The smallest absolute Gasteiger partial charge is 0.234 e. The van der Waals surface area contributed by atoms with E-state index in [1.807, 2.05) is 18.2 Å². The maximum atomic E-state index is 12.4. The fraction of sp³-hybridized carbons (Fsp3) is 0.105. The first-order valence-corrected chi connectivity index (χ1v) is 9.90. The van der Waals surface area contributed by atoms with Gasteiger partial charge in [-0.25, -0.2) is 0 Å². The number of benzene rings is 1. The van der Waals surface area contributed by atoms with E-state index >= 15 is 0 Å². The predicted octanol–water partition coefficient (Wildman–Crippen LogP) is 3.58. The van der Waals surface area contributed by atoms with E-state index in [4.69, 9.17) is 16.3 Å². The van der Waals surface area contributed by atoms with Gasteiger partial charge in [-0.3, -0.25) is 9.78 Å². The van der Waals surface area contributed by atoms with Crippen LogP contribution in [0.5, 0.6) is 5.75 Å². The Balaban J connectivity index is 1.49. The minimum Gasteiger partial charge on any atom is -0.495 e. The van der Waals surface area contributed by atoms with Crippen molar-refractivity contribution in [3.05, 3.63) is 59.8 Å². The molecule has 0 unspecified atom stereocenters. The summed E-state index contributed by atoms with van der Waals surface area (Å²) >= 11 is 7.29. The zero-order valence-electron chi connectivity index (χ0n) is 15.2. The lowest BCUT2D eigenvalue weighted by Crippen LogP contribution is -2.15. The summed E-state index contributed by atoms with van der Waals surface area (Å²) in [5, 5.41) is 16.8. The Bertz CT molecular complexity index is 1170. The van der Waals surface area contributed by atoms with Gasteiger partial charge < -0.3 is 10.1 Å². The monoisotopic (exact) mass is 426 g/mol. The zero-order valence-corrected chi connectivity index (χ0v) is 16.8. The Hall–Kier alpha value is -3.17. The molecule has 3 heterocycles. The summed E-state index contributed by atoms with van der Waals surface area (Å²) in [5.74, 6) is 1.04. The van der Waals surface area contributed by atoms with Gasteiger partial charge >= 0.3 is 0 Å². The summed E-state index contributed by atoms with van der Waals surface area (Å²) in [6, 6.07) is 14.2. The van der Waals surface area contributed by atoms with Crippen LogP contribution < -0.4 is 10.1 Å². The van der Waals surface area contributed by atoms with E-state index in [2.05, 4.69) is 25.6 Å². The molecule has 0 radical (unpaired) electrons. The number of methoxy groups -OCH3 is 1. The lowest BCUT2D eigenvalue weighted by molar-refractivity contribution is -0.113. The summed E-state index contributed by atoms with van der Waals surface area (Å²) < 4.78 is 6.86. The number of anilines is 1. The highest BCUT2D eigenvalue weighted by atomic mass is 35.5. The van der Waals surface area contributed by atoms with Crippen molar-refractivity contribution in [2.75, 3.05) is 18.2 Å². The molecule has 0 bridgehead atoms. The second-order valence-corrected chi connectivity index (χ2v) is 7.29. The molecule has 1 amide bonds. The van der Waals surface area contributed by atoms with E-state index < -0.39 is 0 Å². The van der Waals surface area contributed by atoms with Crippen LogP contribution in [0.15, 0.2) is 59.8 Å². The molecule has 4 aromatic rings. The quantitative estimate of drug-likeness (QED) is 0.471. The maximum absolute atomic E-state index is 12.4. The van der Waals surface area contributed by atoms with Gasteiger partial charge in [-0.15, -0.1) is 10.2 Å². The number of rotatable bonds is 6. The van der Waals surface area contributed by atoms with Gasteiger partial charge in [-0.1, -0.05) is 29.4 Å². The third-order valence-corrected chi connectivity index (χ3v) is 5.07. The van der Waals surface area contributed by atoms with E-state index in [1.54, 1.807) is 41.0 Å². The SMILES string of the molecule is COc1ccc(Cl)cc1NC(=O)CSc1ccc2nnc(-c3ccccn3)n2n1. The van der Waals surface area contributed by atoms with Crippen molar-refractivity contribution >= 4 is 40.6 Å². The van der Waals surface area contributed by atoms with Crippen LogP contribution >= 0.6 is 23.4 Å². The van der Waals surface area contributed by atoms with E-state index in [0.717, 1.165) is 0 Å². The molecule has 146 valence electrons. The molecule has 3 aromatic heterocycles.